The largest absolute Gasteiger partial charge is 0.456 e. The van der Waals surface area contributed by atoms with Crippen LogP contribution in [0, 0.1) is 0 Å². The molecule has 0 aliphatic heterocycles. The SMILES string of the molecule is CN(Cc1ccc(N(C)C)cc1)C(=O)COC(=O)CCc1nc2ccccc2c(=O)n1C. The number of likely N-dealkylation sites (N-methyl/N-ethyl adjacent to an activating group) is 1. The number of amides is 1. The Labute approximate surface area is 187 Å². The van der Waals surface area contributed by atoms with Crippen molar-refractivity contribution in [1.82, 2.24) is 14.5 Å². The third-order valence-electron chi connectivity index (χ3n) is 5.28. The summed E-state index contributed by atoms with van der Waals surface area (Å²) in [6.45, 7) is 0.0996. The summed E-state index contributed by atoms with van der Waals surface area (Å²) in [4.78, 5) is 44.9. The summed E-state index contributed by atoms with van der Waals surface area (Å²) in [5, 5.41) is 0.534. The summed E-state index contributed by atoms with van der Waals surface area (Å²) in [6, 6.07) is 15.0. The third-order valence-corrected chi connectivity index (χ3v) is 5.28. The molecule has 3 aromatic rings. The minimum atomic E-state index is -0.510. The molecule has 32 heavy (non-hydrogen) atoms. The lowest BCUT2D eigenvalue weighted by Gasteiger charge is -2.18. The summed E-state index contributed by atoms with van der Waals surface area (Å²) < 4.78 is 6.58. The number of ether oxygens (including phenoxy) is 1. The zero-order valence-corrected chi connectivity index (χ0v) is 18.9. The van der Waals surface area contributed by atoms with E-state index >= 15 is 0 Å². The molecule has 0 fully saturated rings. The van der Waals surface area contributed by atoms with Crippen LogP contribution >= 0.6 is 0 Å². The van der Waals surface area contributed by atoms with E-state index < -0.39 is 5.97 Å². The van der Waals surface area contributed by atoms with Gasteiger partial charge in [0.1, 0.15) is 5.82 Å². The van der Waals surface area contributed by atoms with Gasteiger partial charge in [-0.2, -0.15) is 0 Å². The van der Waals surface area contributed by atoms with Crippen LogP contribution < -0.4 is 10.5 Å². The van der Waals surface area contributed by atoms with Crippen LogP contribution in [0.4, 0.5) is 5.69 Å². The van der Waals surface area contributed by atoms with Gasteiger partial charge in [0.05, 0.1) is 17.3 Å². The number of fused-ring (bicyclic) bond motifs is 1. The molecule has 8 heteroatoms. The molecule has 1 heterocycles. The third kappa shape index (κ3) is 5.51. The monoisotopic (exact) mass is 436 g/mol. The van der Waals surface area contributed by atoms with Gasteiger partial charge in [-0.1, -0.05) is 24.3 Å². The van der Waals surface area contributed by atoms with Gasteiger partial charge < -0.3 is 14.5 Å². The van der Waals surface area contributed by atoms with Gasteiger partial charge in [0.15, 0.2) is 6.61 Å². The Kier molecular flexibility index (Phi) is 7.25. The van der Waals surface area contributed by atoms with Gasteiger partial charge in [0.2, 0.25) is 0 Å². The predicted molar refractivity (Wildman–Crippen MR) is 124 cm³/mol. The number of carbonyl (C=O) groups excluding carboxylic acids is 2. The molecule has 8 nitrogen and oxygen atoms in total. The lowest BCUT2D eigenvalue weighted by Crippen LogP contribution is -2.31. The van der Waals surface area contributed by atoms with Gasteiger partial charge in [-0.05, 0) is 29.8 Å². The number of esters is 1. The van der Waals surface area contributed by atoms with Crippen LogP contribution in [0.3, 0.4) is 0 Å². The Bertz CT molecular complexity index is 1170. The highest BCUT2D eigenvalue weighted by molar-refractivity contribution is 5.80. The zero-order chi connectivity index (χ0) is 23.3. The van der Waals surface area contributed by atoms with E-state index in [-0.39, 0.29) is 30.9 Å². The van der Waals surface area contributed by atoms with E-state index in [1.54, 1.807) is 32.3 Å². The van der Waals surface area contributed by atoms with Crippen LogP contribution in [0.1, 0.15) is 17.8 Å². The second kappa shape index (κ2) is 10.1. The van der Waals surface area contributed by atoms with Crippen LogP contribution in [-0.2, 0) is 34.3 Å². The van der Waals surface area contributed by atoms with Gasteiger partial charge in [0, 0.05) is 46.8 Å². The Hall–Kier alpha value is -3.68. The molecule has 0 N–H and O–H groups in total. The lowest BCUT2D eigenvalue weighted by atomic mass is 10.2. The molecule has 3 rings (SSSR count). The van der Waals surface area contributed by atoms with Gasteiger partial charge in [-0.25, -0.2) is 4.98 Å². The number of benzene rings is 2. The van der Waals surface area contributed by atoms with Crippen LogP contribution in [0.2, 0.25) is 0 Å². The van der Waals surface area contributed by atoms with Crippen molar-refractivity contribution in [1.29, 1.82) is 0 Å². The molecular formula is C24H28N4O4. The number of hydrogen-bond acceptors (Lipinski definition) is 6. The first-order chi connectivity index (χ1) is 15.3. The number of nitrogens with zero attached hydrogens (tertiary/aromatic N) is 4. The summed E-state index contributed by atoms with van der Waals surface area (Å²) in [7, 11) is 7.24. The average molecular weight is 437 g/mol. The van der Waals surface area contributed by atoms with Gasteiger partial charge >= 0.3 is 5.97 Å². The molecule has 0 atom stereocenters. The molecule has 0 bridgehead atoms. The molecule has 0 saturated carbocycles. The first kappa shape index (κ1) is 23.0. The molecule has 0 unspecified atom stereocenters. The van der Waals surface area contributed by atoms with E-state index in [9.17, 15) is 14.4 Å². The first-order valence-electron chi connectivity index (χ1n) is 10.4. The molecular weight excluding hydrogens is 408 g/mol. The van der Waals surface area contributed by atoms with E-state index in [2.05, 4.69) is 4.98 Å². The number of para-hydroxylation sites is 1. The van der Waals surface area contributed by atoms with Gasteiger partial charge in [-0.3, -0.25) is 19.0 Å². The van der Waals surface area contributed by atoms with Crippen molar-refractivity contribution in [3.63, 3.8) is 0 Å². The number of aromatic nitrogens is 2. The minimum absolute atomic E-state index is 0.0294. The standard InChI is InChI=1S/C24H28N4O4/c1-26(2)18-11-9-17(10-12-18)15-27(3)22(29)16-32-23(30)14-13-21-25-20-8-6-5-7-19(20)24(31)28(21)4/h5-12H,13-16H2,1-4H3. The fourth-order valence-electron chi connectivity index (χ4n) is 3.29. The van der Waals surface area contributed by atoms with Crippen molar-refractivity contribution in [3.8, 4) is 0 Å². The Balaban J connectivity index is 1.50. The van der Waals surface area contributed by atoms with Gasteiger partial charge in [-0.15, -0.1) is 0 Å². The van der Waals surface area contributed by atoms with E-state index in [0.29, 0.717) is 23.3 Å². The summed E-state index contributed by atoms with van der Waals surface area (Å²) in [6.07, 6.45) is 0.277. The molecule has 0 aliphatic rings. The molecule has 2 aromatic carbocycles. The molecule has 0 saturated heterocycles. The van der Waals surface area contributed by atoms with Crippen LogP contribution in [0.15, 0.2) is 53.3 Å². The average Bonchev–Trinajstić information content (AvgIpc) is 2.79. The minimum Gasteiger partial charge on any atom is -0.456 e. The Morgan fingerprint density at radius 3 is 2.41 bits per heavy atom. The maximum Gasteiger partial charge on any atom is 0.306 e. The predicted octanol–water partition coefficient (Wildman–Crippen LogP) is 2.13. The number of anilines is 1. The quantitative estimate of drug-likeness (QED) is 0.503. The molecule has 0 spiro atoms. The Morgan fingerprint density at radius 1 is 1.03 bits per heavy atom. The topological polar surface area (TPSA) is 84.7 Å². The van der Waals surface area contributed by atoms with E-state index in [1.165, 1.54) is 9.47 Å². The fraction of sp³-hybridized carbons (Fsp3) is 0.333. The van der Waals surface area contributed by atoms with Crippen molar-refractivity contribution >= 4 is 28.5 Å². The van der Waals surface area contributed by atoms with Crippen LogP contribution in [0.25, 0.3) is 10.9 Å². The lowest BCUT2D eigenvalue weighted by molar-refractivity contribution is -0.151. The van der Waals surface area contributed by atoms with Crippen LogP contribution in [0.5, 0.6) is 0 Å². The second-order valence-electron chi connectivity index (χ2n) is 7.88. The molecule has 1 amide bonds. The van der Waals surface area contributed by atoms with Gasteiger partial charge in [0.25, 0.3) is 11.5 Å². The zero-order valence-electron chi connectivity index (χ0n) is 18.9. The molecule has 0 aliphatic carbocycles. The number of rotatable bonds is 8. The fourth-order valence-corrected chi connectivity index (χ4v) is 3.29. The van der Waals surface area contributed by atoms with Crippen molar-refractivity contribution in [3.05, 3.63) is 70.3 Å². The Morgan fingerprint density at radius 2 is 1.72 bits per heavy atom. The van der Waals surface area contributed by atoms with E-state index in [4.69, 9.17) is 4.74 Å². The van der Waals surface area contributed by atoms with Crippen molar-refractivity contribution < 1.29 is 14.3 Å². The number of carbonyl (C=O) groups is 2. The van der Waals surface area contributed by atoms with Crippen molar-refractivity contribution in [2.45, 2.75) is 19.4 Å². The molecule has 168 valence electrons. The number of aryl methyl sites for hydroxylation is 1. The smallest absolute Gasteiger partial charge is 0.306 e. The highest BCUT2D eigenvalue weighted by atomic mass is 16.5. The summed E-state index contributed by atoms with van der Waals surface area (Å²) in [5.74, 6) is -0.300. The van der Waals surface area contributed by atoms with Crippen molar-refractivity contribution in [2.75, 3.05) is 32.6 Å². The maximum absolute atomic E-state index is 12.4. The highest BCUT2D eigenvalue weighted by Crippen LogP contribution is 2.13. The van der Waals surface area contributed by atoms with E-state index in [0.717, 1.165) is 11.3 Å². The molecule has 1 aromatic heterocycles. The van der Waals surface area contributed by atoms with Crippen molar-refractivity contribution in [2.24, 2.45) is 7.05 Å². The normalized spacial score (nSPS) is 10.8. The maximum atomic E-state index is 12.4. The van der Waals surface area contributed by atoms with Crippen LogP contribution in [-0.4, -0.2) is 54.1 Å². The van der Waals surface area contributed by atoms with E-state index in [1.807, 2.05) is 49.3 Å². The first-order valence-corrected chi connectivity index (χ1v) is 10.4. The second-order valence-corrected chi connectivity index (χ2v) is 7.88. The summed E-state index contributed by atoms with van der Waals surface area (Å²) in [5.41, 5.74) is 2.50. The molecule has 0 radical (unpaired) electrons. The summed E-state index contributed by atoms with van der Waals surface area (Å²) >= 11 is 0. The number of hydrogen-bond donors (Lipinski definition) is 0. The highest BCUT2D eigenvalue weighted by Gasteiger charge is 2.14.